The van der Waals surface area contributed by atoms with E-state index in [0.717, 1.165) is 30.5 Å². The number of rotatable bonds is 2. The van der Waals surface area contributed by atoms with E-state index >= 15 is 0 Å². The van der Waals surface area contributed by atoms with Crippen LogP contribution in [0.5, 0.6) is 0 Å². The summed E-state index contributed by atoms with van der Waals surface area (Å²) in [4.78, 5) is 32.1. The maximum Gasteiger partial charge on any atom is 0.282 e. The Morgan fingerprint density at radius 1 is 1.32 bits per heavy atom. The Labute approximate surface area is 168 Å². The Hall–Kier alpha value is -2.47. The van der Waals surface area contributed by atoms with Gasteiger partial charge in [-0.15, -0.1) is 11.3 Å². The van der Waals surface area contributed by atoms with E-state index in [1.807, 2.05) is 19.1 Å². The van der Waals surface area contributed by atoms with E-state index < -0.39 is 0 Å². The van der Waals surface area contributed by atoms with Gasteiger partial charge < -0.3 is 5.32 Å². The molecule has 1 aliphatic carbocycles. The lowest BCUT2D eigenvalue weighted by atomic mass is 9.73. The van der Waals surface area contributed by atoms with E-state index in [1.165, 1.54) is 11.1 Å². The van der Waals surface area contributed by atoms with Crippen LogP contribution in [-0.4, -0.2) is 15.3 Å². The van der Waals surface area contributed by atoms with Crippen molar-refractivity contribution in [2.75, 3.05) is 5.32 Å². The van der Waals surface area contributed by atoms with Crippen molar-refractivity contribution in [3.8, 4) is 0 Å². The monoisotopic (exact) mass is 395 g/mol. The molecular weight excluding hydrogens is 370 g/mol. The molecule has 1 unspecified atom stereocenters. The number of hydrogen-bond acceptors (Lipinski definition) is 4. The zero-order chi connectivity index (χ0) is 20.1. The number of benzene rings is 1. The first-order chi connectivity index (χ1) is 13.2. The maximum atomic E-state index is 13.1. The SMILES string of the molecule is Cc1cccc(C(=O)Nc2cnc3sc4c(n3c2=O)CCC(C(C)(C)C)C4)c1. The van der Waals surface area contributed by atoms with Crippen molar-refractivity contribution < 1.29 is 4.79 Å². The van der Waals surface area contributed by atoms with Crippen molar-refractivity contribution in [1.82, 2.24) is 9.38 Å². The normalized spacial score (nSPS) is 16.8. The van der Waals surface area contributed by atoms with Gasteiger partial charge in [0.05, 0.1) is 6.20 Å². The second kappa shape index (κ2) is 6.85. The molecule has 0 saturated heterocycles. The Morgan fingerprint density at radius 2 is 2.11 bits per heavy atom. The first-order valence-corrected chi connectivity index (χ1v) is 10.5. The van der Waals surface area contributed by atoms with Gasteiger partial charge in [-0.05, 0) is 49.7 Å². The summed E-state index contributed by atoms with van der Waals surface area (Å²) in [6.45, 7) is 8.76. The van der Waals surface area contributed by atoms with Crippen molar-refractivity contribution in [1.29, 1.82) is 0 Å². The lowest BCUT2D eigenvalue weighted by Crippen LogP contribution is -2.28. The molecule has 1 aliphatic rings. The molecule has 1 N–H and O–H groups in total. The van der Waals surface area contributed by atoms with Crippen LogP contribution >= 0.6 is 11.3 Å². The molecule has 0 aliphatic heterocycles. The van der Waals surface area contributed by atoms with Crippen molar-refractivity contribution in [3.05, 3.63) is 62.5 Å². The number of carbonyl (C=O) groups is 1. The molecule has 1 amide bonds. The van der Waals surface area contributed by atoms with Gasteiger partial charge in [0, 0.05) is 16.1 Å². The number of amides is 1. The summed E-state index contributed by atoms with van der Waals surface area (Å²) in [5.41, 5.74) is 2.87. The van der Waals surface area contributed by atoms with Gasteiger partial charge in [-0.25, -0.2) is 4.98 Å². The lowest BCUT2D eigenvalue weighted by Gasteiger charge is -2.33. The van der Waals surface area contributed by atoms with Gasteiger partial charge in [0.25, 0.3) is 11.5 Å². The van der Waals surface area contributed by atoms with Gasteiger partial charge in [0.1, 0.15) is 5.69 Å². The predicted octanol–water partition coefficient (Wildman–Crippen LogP) is 4.47. The average Bonchev–Trinajstić information content (AvgIpc) is 3.01. The van der Waals surface area contributed by atoms with Crippen LogP contribution in [0, 0.1) is 18.3 Å². The van der Waals surface area contributed by atoms with Crippen LogP contribution in [0.4, 0.5) is 5.69 Å². The van der Waals surface area contributed by atoms with Gasteiger partial charge in [-0.2, -0.15) is 0 Å². The summed E-state index contributed by atoms with van der Waals surface area (Å²) >= 11 is 1.60. The van der Waals surface area contributed by atoms with Crippen LogP contribution in [0.3, 0.4) is 0 Å². The van der Waals surface area contributed by atoms with Gasteiger partial charge in [0.2, 0.25) is 0 Å². The molecule has 4 rings (SSSR count). The lowest BCUT2D eigenvalue weighted by molar-refractivity contribution is 0.102. The number of carbonyl (C=O) groups excluding carboxylic acids is 1. The van der Waals surface area contributed by atoms with Crippen LogP contribution in [0.1, 0.15) is 53.7 Å². The Morgan fingerprint density at radius 3 is 2.82 bits per heavy atom. The van der Waals surface area contributed by atoms with E-state index in [1.54, 1.807) is 27.9 Å². The Kier molecular flexibility index (Phi) is 4.62. The minimum Gasteiger partial charge on any atom is -0.316 e. The third-order valence-electron chi connectivity index (χ3n) is 5.65. The molecule has 2 aromatic heterocycles. The van der Waals surface area contributed by atoms with E-state index in [2.05, 4.69) is 31.1 Å². The molecule has 5 nitrogen and oxygen atoms in total. The first-order valence-electron chi connectivity index (χ1n) is 9.64. The van der Waals surface area contributed by atoms with E-state index in [0.29, 0.717) is 16.4 Å². The maximum absolute atomic E-state index is 13.1. The van der Waals surface area contributed by atoms with Gasteiger partial charge in [-0.3, -0.25) is 14.0 Å². The molecule has 1 atom stereocenters. The molecule has 146 valence electrons. The number of aryl methyl sites for hydroxylation is 2. The molecule has 0 saturated carbocycles. The third kappa shape index (κ3) is 3.37. The molecule has 2 heterocycles. The number of hydrogen-bond donors (Lipinski definition) is 1. The highest BCUT2D eigenvalue weighted by Crippen LogP contribution is 2.39. The fraction of sp³-hybridized carbons (Fsp3) is 0.409. The molecule has 6 heteroatoms. The van der Waals surface area contributed by atoms with Gasteiger partial charge >= 0.3 is 0 Å². The van der Waals surface area contributed by atoms with Crippen molar-refractivity contribution >= 4 is 27.9 Å². The zero-order valence-electron chi connectivity index (χ0n) is 16.7. The number of nitrogens with one attached hydrogen (secondary N) is 1. The largest absolute Gasteiger partial charge is 0.316 e. The molecular formula is C22H25N3O2S. The minimum absolute atomic E-state index is 0.197. The average molecular weight is 396 g/mol. The van der Waals surface area contributed by atoms with Crippen molar-refractivity contribution in [2.45, 2.75) is 47.0 Å². The van der Waals surface area contributed by atoms with Crippen LogP contribution in [0.25, 0.3) is 4.96 Å². The number of thiazole rings is 1. The van der Waals surface area contributed by atoms with Crippen LogP contribution in [0.15, 0.2) is 35.3 Å². The highest BCUT2D eigenvalue weighted by atomic mass is 32.1. The summed E-state index contributed by atoms with van der Waals surface area (Å²) < 4.78 is 1.70. The zero-order valence-corrected chi connectivity index (χ0v) is 17.5. The molecule has 0 fully saturated rings. The van der Waals surface area contributed by atoms with Crippen LogP contribution in [0.2, 0.25) is 0 Å². The summed E-state index contributed by atoms with van der Waals surface area (Å²) in [5, 5.41) is 2.75. The number of nitrogens with zero attached hydrogens (tertiary/aromatic N) is 2. The molecule has 0 spiro atoms. The van der Waals surface area contributed by atoms with E-state index in [-0.39, 0.29) is 22.6 Å². The quantitative estimate of drug-likeness (QED) is 0.696. The van der Waals surface area contributed by atoms with Crippen LogP contribution in [-0.2, 0) is 12.8 Å². The topological polar surface area (TPSA) is 63.5 Å². The third-order valence-corrected chi connectivity index (χ3v) is 6.77. The molecule has 1 aromatic carbocycles. The second-order valence-electron chi connectivity index (χ2n) is 8.70. The summed E-state index contributed by atoms with van der Waals surface area (Å²) in [6.07, 6.45) is 4.40. The first kappa shape index (κ1) is 18.9. The van der Waals surface area contributed by atoms with Crippen molar-refractivity contribution in [3.63, 3.8) is 0 Å². The standard InChI is InChI=1S/C22H25N3O2S/c1-13-6-5-7-14(10-13)19(26)24-16-12-23-21-25(20(16)27)17-9-8-15(22(2,3)4)11-18(17)28-21/h5-7,10,12,15H,8-9,11H2,1-4H3,(H,24,26). The molecule has 28 heavy (non-hydrogen) atoms. The second-order valence-corrected chi connectivity index (χ2v) is 9.76. The number of aromatic nitrogens is 2. The smallest absolute Gasteiger partial charge is 0.282 e. The summed E-state index contributed by atoms with van der Waals surface area (Å²) in [7, 11) is 0. The number of anilines is 1. The fourth-order valence-electron chi connectivity index (χ4n) is 3.90. The summed E-state index contributed by atoms with van der Waals surface area (Å²) in [6, 6.07) is 7.31. The highest BCUT2D eigenvalue weighted by Gasteiger charge is 2.31. The predicted molar refractivity (Wildman–Crippen MR) is 113 cm³/mol. The van der Waals surface area contributed by atoms with E-state index in [4.69, 9.17) is 0 Å². The van der Waals surface area contributed by atoms with Crippen molar-refractivity contribution in [2.24, 2.45) is 11.3 Å². The van der Waals surface area contributed by atoms with E-state index in [9.17, 15) is 9.59 Å². The molecule has 3 aromatic rings. The highest BCUT2D eigenvalue weighted by molar-refractivity contribution is 7.17. The Balaban J connectivity index is 1.68. The van der Waals surface area contributed by atoms with Gasteiger partial charge in [-0.1, -0.05) is 38.5 Å². The molecule has 0 bridgehead atoms. The molecule has 0 radical (unpaired) electrons. The number of fused-ring (bicyclic) bond motifs is 3. The Bertz CT molecular complexity index is 1120. The minimum atomic E-state index is -0.292. The van der Waals surface area contributed by atoms with Crippen LogP contribution < -0.4 is 10.9 Å². The fourth-order valence-corrected chi connectivity index (χ4v) is 5.10. The summed E-state index contributed by atoms with van der Waals surface area (Å²) in [5.74, 6) is 0.309. The van der Waals surface area contributed by atoms with Gasteiger partial charge in [0.15, 0.2) is 4.96 Å².